The minimum Gasteiger partial charge on any atom is -0.352 e. The third kappa shape index (κ3) is 6.02. The van der Waals surface area contributed by atoms with Crippen molar-refractivity contribution in [2.45, 2.75) is 38.8 Å². The molecule has 29 heavy (non-hydrogen) atoms. The van der Waals surface area contributed by atoms with Gasteiger partial charge in [0.05, 0.1) is 0 Å². The van der Waals surface area contributed by atoms with Gasteiger partial charge in [-0.2, -0.15) is 0 Å². The van der Waals surface area contributed by atoms with E-state index in [0.717, 1.165) is 24.9 Å². The number of hydrogen-bond acceptors (Lipinski definition) is 3. The summed E-state index contributed by atoms with van der Waals surface area (Å²) in [5, 5.41) is 6.22. The van der Waals surface area contributed by atoms with Crippen LogP contribution in [0.1, 0.15) is 30.4 Å². The van der Waals surface area contributed by atoms with E-state index in [0.29, 0.717) is 29.4 Å². The van der Waals surface area contributed by atoms with Crippen LogP contribution >= 0.6 is 11.6 Å². The van der Waals surface area contributed by atoms with Gasteiger partial charge in [-0.15, -0.1) is 0 Å². The van der Waals surface area contributed by atoms with Crippen LogP contribution in [-0.2, 0) is 16.1 Å². The second kappa shape index (κ2) is 9.85. The number of piperidine rings is 1. The normalized spacial score (nSPS) is 17.0. The van der Waals surface area contributed by atoms with E-state index in [1.807, 2.05) is 13.0 Å². The summed E-state index contributed by atoms with van der Waals surface area (Å²) in [7, 11) is 0. The smallest absolute Gasteiger partial charge is 0.233 e. The summed E-state index contributed by atoms with van der Waals surface area (Å²) in [5.74, 6) is -0.918. The summed E-state index contributed by atoms with van der Waals surface area (Å²) < 4.78 is 13.9. The van der Waals surface area contributed by atoms with E-state index in [1.165, 1.54) is 6.07 Å². The maximum Gasteiger partial charge on any atom is 0.233 e. The van der Waals surface area contributed by atoms with Gasteiger partial charge >= 0.3 is 0 Å². The number of carbonyl (C=O) groups is 2. The van der Waals surface area contributed by atoms with E-state index in [-0.39, 0.29) is 30.1 Å². The van der Waals surface area contributed by atoms with Crippen molar-refractivity contribution in [1.29, 1.82) is 0 Å². The van der Waals surface area contributed by atoms with Gasteiger partial charge in [-0.3, -0.25) is 14.5 Å². The highest BCUT2D eigenvalue weighted by Gasteiger charge is 2.23. The summed E-state index contributed by atoms with van der Waals surface area (Å²) in [5.41, 5.74) is 2.01. The molecule has 2 aromatic rings. The topological polar surface area (TPSA) is 61.4 Å². The molecule has 154 valence electrons. The number of nitrogens with one attached hydrogen (secondary N) is 2. The van der Waals surface area contributed by atoms with E-state index in [1.54, 1.807) is 30.3 Å². The van der Waals surface area contributed by atoms with Gasteiger partial charge < -0.3 is 10.6 Å². The van der Waals surface area contributed by atoms with E-state index >= 15 is 0 Å². The van der Waals surface area contributed by atoms with Crippen molar-refractivity contribution in [1.82, 2.24) is 10.2 Å². The zero-order chi connectivity index (χ0) is 20.8. The molecule has 5 nitrogen and oxygen atoms in total. The van der Waals surface area contributed by atoms with Crippen LogP contribution in [0.5, 0.6) is 0 Å². The summed E-state index contributed by atoms with van der Waals surface area (Å²) in [6.45, 7) is 3.81. The fourth-order valence-electron chi connectivity index (χ4n) is 3.55. The molecule has 1 aliphatic heterocycles. The van der Waals surface area contributed by atoms with Crippen LogP contribution in [0.2, 0.25) is 5.02 Å². The fraction of sp³-hybridized carbons (Fsp3) is 0.364. The van der Waals surface area contributed by atoms with Crippen molar-refractivity contribution in [2.75, 3.05) is 18.4 Å². The monoisotopic (exact) mass is 417 g/mol. The molecule has 0 aromatic heterocycles. The van der Waals surface area contributed by atoms with Crippen LogP contribution in [-0.4, -0.2) is 35.8 Å². The first kappa shape index (κ1) is 21.3. The highest BCUT2D eigenvalue weighted by molar-refractivity contribution is 6.31. The fourth-order valence-corrected chi connectivity index (χ4v) is 3.72. The Kier molecular flexibility index (Phi) is 7.23. The van der Waals surface area contributed by atoms with Crippen molar-refractivity contribution in [3.63, 3.8) is 0 Å². The van der Waals surface area contributed by atoms with E-state index in [2.05, 4.69) is 15.5 Å². The second-order valence-corrected chi connectivity index (χ2v) is 7.78. The average Bonchev–Trinajstić information content (AvgIpc) is 2.67. The largest absolute Gasteiger partial charge is 0.352 e. The standard InChI is InChI=1S/C22H25ClFN3O2/c1-15-18(23)8-4-10-20(15)26-22(29)12-21(28)25-17-7-5-11-27(14-17)13-16-6-2-3-9-19(16)24/h2-4,6,8-10,17H,5,7,11-14H2,1H3,(H,25,28)(H,26,29)/t17-/m1/s1. The number of likely N-dealkylation sites (tertiary alicyclic amines) is 1. The van der Waals surface area contributed by atoms with Crippen LogP contribution in [0, 0.1) is 12.7 Å². The first-order valence-electron chi connectivity index (χ1n) is 9.72. The molecule has 0 aliphatic carbocycles. The molecule has 0 radical (unpaired) electrons. The van der Waals surface area contributed by atoms with Crippen molar-refractivity contribution >= 4 is 29.1 Å². The summed E-state index contributed by atoms with van der Waals surface area (Å²) in [4.78, 5) is 26.6. The number of anilines is 1. The van der Waals surface area contributed by atoms with Crippen LogP contribution in [0.15, 0.2) is 42.5 Å². The van der Waals surface area contributed by atoms with Gasteiger partial charge in [-0.25, -0.2) is 4.39 Å². The number of nitrogens with zero attached hydrogens (tertiary/aromatic N) is 1. The third-order valence-corrected chi connectivity index (χ3v) is 5.49. The van der Waals surface area contributed by atoms with E-state index in [4.69, 9.17) is 11.6 Å². The highest BCUT2D eigenvalue weighted by atomic mass is 35.5. The molecule has 3 rings (SSSR count). The zero-order valence-corrected chi connectivity index (χ0v) is 17.1. The minimum absolute atomic E-state index is 0.0521. The Balaban J connectivity index is 1.49. The lowest BCUT2D eigenvalue weighted by atomic mass is 10.0. The molecule has 2 N–H and O–H groups in total. The quantitative estimate of drug-likeness (QED) is 0.701. The van der Waals surface area contributed by atoms with Gasteiger partial charge in [0, 0.05) is 35.4 Å². The maximum absolute atomic E-state index is 13.9. The first-order valence-corrected chi connectivity index (χ1v) is 10.1. The zero-order valence-electron chi connectivity index (χ0n) is 16.4. The molecule has 2 aromatic carbocycles. The van der Waals surface area contributed by atoms with Crippen molar-refractivity contribution < 1.29 is 14.0 Å². The van der Waals surface area contributed by atoms with Crippen molar-refractivity contribution in [3.8, 4) is 0 Å². The van der Waals surface area contributed by atoms with E-state index < -0.39 is 0 Å². The van der Waals surface area contributed by atoms with Crippen LogP contribution < -0.4 is 10.6 Å². The van der Waals surface area contributed by atoms with Crippen molar-refractivity contribution in [2.24, 2.45) is 0 Å². The molecule has 0 saturated carbocycles. The number of halogens is 2. The molecule has 2 amide bonds. The Hall–Kier alpha value is -2.44. The molecular formula is C22H25ClFN3O2. The SMILES string of the molecule is Cc1c(Cl)cccc1NC(=O)CC(=O)N[C@@H]1CCCN(Cc2ccccc2F)C1. The average molecular weight is 418 g/mol. The summed E-state index contributed by atoms with van der Waals surface area (Å²) in [6.07, 6.45) is 1.50. The third-order valence-electron chi connectivity index (χ3n) is 5.09. The van der Waals surface area contributed by atoms with Crippen LogP contribution in [0.4, 0.5) is 10.1 Å². The van der Waals surface area contributed by atoms with Gasteiger partial charge in [0.25, 0.3) is 0 Å². The maximum atomic E-state index is 13.9. The van der Waals surface area contributed by atoms with Gasteiger partial charge in [-0.05, 0) is 50.1 Å². The molecular weight excluding hydrogens is 393 g/mol. The number of carbonyl (C=O) groups excluding carboxylic acids is 2. The second-order valence-electron chi connectivity index (χ2n) is 7.37. The van der Waals surface area contributed by atoms with Crippen molar-refractivity contribution in [3.05, 3.63) is 64.4 Å². The Bertz CT molecular complexity index is 890. The Morgan fingerprint density at radius 2 is 1.97 bits per heavy atom. The Labute approximate surface area is 175 Å². The molecule has 0 bridgehead atoms. The first-order chi connectivity index (χ1) is 13.9. The van der Waals surface area contributed by atoms with Crippen LogP contribution in [0.25, 0.3) is 0 Å². The predicted octanol–water partition coefficient (Wildman–Crippen LogP) is 3.90. The lowest BCUT2D eigenvalue weighted by Gasteiger charge is -2.33. The van der Waals surface area contributed by atoms with Gasteiger partial charge in [-0.1, -0.05) is 35.9 Å². The molecule has 1 atom stereocenters. The van der Waals surface area contributed by atoms with Gasteiger partial charge in [0.15, 0.2) is 0 Å². The number of amides is 2. The number of benzene rings is 2. The van der Waals surface area contributed by atoms with Crippen LogP contribution in [0.3, 0.4) is 0 Å². The lowest BCUT2D eigenvalue weighted by Crippen LogP contribution is -2.48. The molecule has 1 aliphatic rings. The van der Waals surface area contributed by atoms with Gasteiger partial charge in [0.1, 0.15) is 12.2 Å². The molecule has 1 fully saturated rings. The predicted molar refractivity (Wildman–Crippen MR) is 112 cm³/mol. The number of hydrogen-bond donors (Lipinski definition) is 2. The summed E-state index contributed by atoms with van der Waals surface area (Å²) in [6, 6.07) is 11.9. The lowest BCUT2D eigenvalue weighted by molar-refractivity contribution is -0.127. The molecule has 1 saturated heterocycles. The molecule has 1 heterocycles. The Morgan fingerprint density at radius 1 is 1.17 bits per heavy atom. The van der Waals surface area contributed by atoms with E-state index in [9.17, 15) is 14.0 Å². The molecule has 0 spiro atoms. The van der Waals surface area contributed by atoms with Gasteiger partial charge in [0.2, 0.25) is 11.8 Å². The molecule has 7 heteroatoms. The Morgan fingerprint density at radius 3 is 2.76 bits per heavy atom. The molecule has 0 unspecified atom stereocenters. The highest BCUT2D eigenvalue weighted by Crippen LogP contribution is 2.23. The number of rotatable bonds is 6. The summed E-state index contributed by atoms with van der Waals surface area (Å²) >= 11 is 6.05. The minimum atomic E-state index is -0.383.